The predicted molar refractivity (Wildman–Crippen MR) is 79.4 cm³/mol. The van der Waals surface area contributed by atoms with E-state index in [-0.39, 0.29) is 0 Å². The van der Waals surface area contributed by atoms with Gasteiger partial charge in [0.15, 0.2) is 5.82 Å². The molecule has 0 aliphatic heterocycles. The molecule has 0 amide bonds. The lowest BCUT2D eigenvalue weighted by Gasteiger charge is -2.17. The first kappa shape index (κ1) is 15.5. The SMILES string of the molecule is CCOc1ncnc(NC(C)CCCC(C)C)c1N. The summed E-state index contributed by atoms with van der Waals surface area (Å²) in [5.41, 5.74) is 6.47. The maximum absolute atomic E-state index is 5.98. The lowest BCUT2D eigenvalue weighted by Crippen LogP contribution is -2.18. The fraction of sp³-hybridized carbons (Fsp3) is 0.714. The van der Waals surface area contributed by atoms with Gasteiger partial charge in [-0.15, -0.1) is 0 Å². The number of rotatable bonds is 8. The quantitative estimate of drug-likeness (QED) is 0.756. The Morgan fingerprint density at radius 1 is 1.26 bits per heavy atom. The Kier molecular flexibility index (Phi) is 6.39. The van der Waals surface area contributed by atoms with Crippen molar-refractivity contribution >= 4 is 11.5 Å². The van der Waals surface area contributed by atoms with E-state index in [0.717, 1.165) is 12.3 Å². The van der Waals surface area contributed by atoms with Gasteiger partial charge in [0.25, 0.3) is 0 Å². The summed E-state index contributed by atoms with van der Waals surface area (Å²) in [5, 5.41) is 3.33. The molecule has 1 unspecified atom stereocenters. The maximum atomic E-state index is 5.98. The van der Waals surface area contributed by atoms with Crippen LogP contribution >= 0.6 is 0 Å². The van der Waals surface area contributed by atoms with Crippen LogP contribution in [0.25, 0.3) is 0 Å². The Balaban J connectivity index is 2.54. The molecule has 1 rings (SSSR count). The Morgan fingerprint density at radius 3 is 2.63 bits per heavy atom. The molecule has 0 saturated carbocycles. The number of nitrogen functional groups attached to an aromatic ring is 1. The van der Waals surface area contributed by atoms with Crippen LogP contribution in [0.2, 0.25) is 0 Å². The fourth-order valence-electron chi connectivity index (χ4n) is 1.88. The normalized spacial score (nSPS) is 12.5. The van der Waals surface area contributed by atoms with Crippen molar-refractivity contribution in [2.45, 2.75) is 53.0 Å². The van der Waals surface area contributed by atoms with Crippen LogP contribution in [-0.2, 0) is 0 Å². The first-order valence-corrected chi connectivity index (χ1v) is 7.04. The van der Waals surface area contributed by atoms with E-state index in [1.54, 1.807) is 0 Å². The molecule has 1 heterocycles. The molecule has 0 aliphatic rings. The average molecular weight is 266 g/mol. The minimum absolute atomic E-state index is 0.338. The number of nitrogens with two attached hydrogens (primary N) is 1. The van der Waals surface area contributed by atoms with Crippen molar-refractivity contribution in [3.63, 3.8) is 0 Å². The lowest BCUT2D eigenvalue weighted by atomic mass is 10.0. The van der Waals surface area contributed by atoms with E-state index in [2.05, 4.69) is 36.1 Å². The third-order valence-electron chi connectivity index (χ3n) is 2.93. The van der Waals surface area contributed by atoms with Gasteiger partial charge in [-0.1, -0.05) is 26.7 Å². The average Bonchev–Trinajstić information content (AvgIpc) is 2.34. The van der Waals surface area contributed by atoms with Gasteiger partial charge in [0.05, 0.1) is 6.61 Å². The van der Waals surface area contributed by atoms with Gasteiger partial charge in [-0.25, -0.2) is 4.98 Å². The highest BCUT2D eigenvalue weighted by Crippen LogP contribution is 2.25. The summed E-state index contributed by atoms with van der Waals surface area (Å²) in [7, 11) is 0. The van der Waals surface area contributed by atoms with Crippen molar-refractivity contribution < 1.29 is 4.74 Å². The van der Waals surface area contributed by atoms with Crippen LogP contribution in [0.3, 0.4) is 0 Å². The molecule has 0 aromatic carbocycles. The summed E-state index contributed by atoms with van der Waals surface area (Å²) >= 11 is 0. The third kappa shape index (κ3) is 5.32. The summed E-state index contributed by atoms with van der Waals surface area (Å²) in [4.78, 5) is 8.20. The second kappa shape index (κ2) is 7.81. The Labute approximate surface area is 116 Å². The van der Waals surface area contributed by atoms with Crippen LogP contribution < -0.4 is 15.8 Å². The van der Waals surface area contributed by atoms with Crippen molar-refractivity contribution in [1.29, 1.82) is 0 Å². The molecule has 1 aromatic heterocycles. The van der Waals surface area contributed by atoms with E-state index in [1.165, 1.54) is 19.2 Å². The number of hydrogen-bond acceptors (Lipinski definition) is 5. The monoisotopic (exact) mass is 266 g/mol. The number of nitrogens with zero attached hydrogens (tertiary/aromatic N) is 2. The number of ether oxygens (including phenoxy) is 1. The van der Waals surface area contributed by atoms with Crippen LogP contribution in [0.1, 0.15) is 47.0 Å². The minimum atomic E-state index is 0.338. The highest BCUT2D eigenvalue weighted by Gasteiger charge is 2.11. The van der Waals surface area contributed by atoms with Crippen LogP contribution in [0, 0.1) is 5.92 Å². The topological polar surface area (TPSA) is 73.1 Å². The first-order valence-electron chi connectivity index (χ1n) is 7.04. The zero-order chi connectivity index (χ0) is 14.3. The molecule has 0 bridgehead atoms. The molecule has 5 heteroatoms. The Hall–Kier alpha value is -1.52. The second-order valence-corrected chi connectivity index (χ2v) is 5.24. The smallest absolute Gasteiger partial charge is 0.242 e. The number of hydrogen-bond donors (Lipinski definition) is 2. The zero-order valence-corrected chi connectivity index (χ0v) is 12.4. The van der Waals surface area contributed by atoms with E-state index < -0.39 is 0 Å². The summed E-state index contributed by atoms with van der Waals surface area (Å²) in [6, 6.07) is 0.338. The highest BCUT2D eigenvalue weighted by atomic mass is 16.5. The molecule has 0 spiro atoms. The summed E-state index contributed by atoms with van der Waals surface area (Å²) < 4.78 is 5.36. The van der Waals surface area contributed by atoms with Crippen molar-refractivity contribution in [1.82, 2.24) is 9.97 Å². The van der Waals surface area contributed by atoms with Crippen molar-refractivity contribution in [2.24, 2.45) is 5.92 Å². The number of nitrogens with one attached hydrogen (secondary N) is 1. The van der Waals surface area contributed by atoms with E-state index in [4.69, 9.17) is 10.5 Å². The molecule has 0 saturated heterocycles. The Bertz CT molecular complexity index is 382. The van der Waals surface area contributed by atoms with Crippen LogP contribution in [0.15, 0.2) is 6.33 Å². The maximum Gasteiger partial charge on any atom is 0.242 e. The molecule has 0 radical (unpaired) electrons. The van der Waals surface area contributed by atoms with Gasteiger partial charge < -0.3 is 15.8 Å². The van der Waals surface area contributed by atoms with Crippen molar-refractivity contribution in [3.05, 3.63) is 6.33 Å². The number of anilines is 2. The molecule has 0 fully saturated rings. The second-order valence-electron chi connectivity index (χ2n) is 5.24. The Morgan fingerprint density at radius 2 is 2.00 bits per heavy atom. The molecule has 19 heavy (non-hydrogen) atoms. The molecular weight excluding hydrogens is 240 g/mol. The lowest BCUT2D eigenvalue weighted by molar-refractivity contribution is 0.328. The molecule has 0 aliphatic carbocycles. The highest BCUT2D eigenvalue weighted by molar-refractivity contribution is 5.66. The summed E-state index contributed by atoms with van der Waals surface area (Å²) in [6.07, 6.45) is 5.03. The van der Waals surface area contributed by atoms with Gasteiger partial charge in [-0.2, -0.15) is 4.98 Å². The van der Waals surface area contributed by atoms with Crippen molar-refractivity contribution in [2.75, 3.05) is 17.7 Å². The molecule has 1 aromatic rings. The fourth-order valence-corrected chi connectivity index (χ4v) is 1.88. The summed E-state index contributed by atoms with van der Waals surface area (Å²) in [6.45, 7) is 9.08. The van der Waals surface area contributed by atoms with Crippen LogP contribution in [0.5, 0.6) is 5.88 Å². The van der Waals surface area contributed by atoms with Gasteiger partial charge in [0.1, 0.15) is 12.0 Å². The standard InChI is InChI=1S/C14H26N4O/c1-5-19-14-12(15)13(16-9-17-14)18-11(4)8-6-7-10(2)3/h9-11H,5-8,15H2,1-4H3,(H,16,17,18). The summed E-state index contributed by atoms with van der Waals surface area (Å²) in [5.74, 6) is 1.87. The molecule has 3 N–H and O–H groups in total. The van der Waals surface area contributed by atoms with Crippen LogP contribution in [0.4, 0.5) is 11.5 Å². The van der Waals surface area contributed by atoms with E-state index in [1.807, 2.05) is 6.92 Å². The van der Waals surface area contributed by atoms with Crippen molar-refractivity contribution in [3.8, 4) is 5.88 Å². The molecule has 1 atom stereocenters. The van der Waals surface area contributed by atoms with Gasteiger partial charge in [-0.05, 0) is 26.2 Å². The third-order valence-corrected chi connectivity index (χ3v) is 2.93. The minimum Gasteiger partial charge on any atom is -0.476 e. The van der Waals surface area contributed by atoms with E-state index in [9.17, 15) is 0 Å². The zero-order valence-electron chi connectivity index (χ0n) is 12.4. The van der Waals surface area contributed by atoms with Crippen LogP contribution in [-0.4, -0.2) is 22.6 Å². The molecular formula is C14H26N4O. The van der Waals surface area contributed by atoms with E-state index >= 15 is 0 Å². The number of aromatic nitrogens is 2. The largest absolute Gasteiger partial charge is 0.476 e. The van der Waals surface area contributed by atoms with Gasteiger partial charge in [-0.3, -0.25) is 0 Å². The van der Waals surface area contributed by atoms with Gasteiger partial charge in [0.2, 0.25) is 5.88 Å². The van der Waals surface area contributed by atoms with Gasteiger partial charge >= 0.3 is 0 Å². The first-order chi connectivity index (χ1) is 9.04. The van der Waals surface area contributed by atoms with Gasteiger partial charge in [0, 0.05) is 6.04 Å². The molecule has 5 nitrogen and oxygen atoms in total. The molecule has 108 valence electrons. The predicted octanol–water partition coefficient (Wildman–Crippen LogP) is 3.08. The van der Waals surface area contributed by atoms with E-state index in [0.29, 0.717) is 30.0 Å².